The topological polar surface area (TPSA) is 101 Å². The van der Waals surface area contributed by atoms with Crippen LogP contribution in [0.3, 0.4) is 0 Å². The van der Waals surface area contributed by atoms with E-state index in [4.69, 9.17) is 5.73 Å². The second kappa shape index (κ2) is 9.36. The van der Waals surface area contributed by atoms with Gasteiger partial charge in [-0.2, -0.15) is 0 Å². The van der Waals surface area contributed by atoms with Crippen LogP contribution in [0.25, 0.3) is 0 Å². The Balaban J connectivity index is 0.00000288. The minimum atomic E-state index is -3.59. The van der Waals surface area contributed by atoms with Gasteiger partial charge in [0.25, 0.3) is 0 Å². The van der Waals surface area contributed by atoms with Gasteiger partial charge in [0.05, 0.1) is 4.90 Å². The smallest absolute Gasteiger partial charge is 0.240 e. The number of halogens is 1. The van der Waals surface area contributed by atoms with E-state index in [1.807, 2.05) is 0 Å². The van der Waals surface area contributed by atoms with Crippen molar-refractivity contribution in [3.63, 3.8) is 0 Å². The van der Waals surface area contributed by atoms with Crippen molar-refractivity contribution in [2.24, 2.45) is 17.6 Å². The number of amides is 1. The zero-order valence-electron chi connectivity index (χ0n) is 13.8. The van der Waals surface area contributed by atoms with Crippen LogP contribution in [0, 0.1) is 11.8 Å². The molecule has 1 aromatic rings. The fourth-order valence-corrected chi connectivity index (χ4v) is 4.10. The first-order valence-corrected chi connectivity index (χ1v) is 9.48. The molecule has 0 aromatic heterocycles. The average Bonchev–Trinajstić information content (AvgIpc) is 2.90. The fraction of sp³-hybridized carbons (Fsp3) is 0.562. The molecule has 8 heteroatoms. The zero-order valence-corrected chi connectivity index (χ0v) is 15.5. The van der Waals surface area contributed by atoms with Crippen molar-refractivity contribution >= 4 is 34.0 Å². The van der Waals surface area contributed by atoms with Crippen LogP contribution in [0.2, 0.25) is 0 Å². The molecule has 0 radical (unpaired) electrons. The predicted molar refractivity (Wildman–Crippen MR) is 97.7 cm³/mol. The highest BCUT2D eigenvalue weighted by Gasteiger charge is 2.23. The first kappa shape index (κ1) is 20.9. The lowest BCUT2D eigenvalue weighted by Crippen LogP contribution is -2.29. The van der Waals surface area contributed by atoms with Gasteiger partial charge < -0.3 is 11.1 Å². The summed E-state index contributed by atoms with van der Waals surface area (Å²) in [5.74, 6) is 1.06. The molecule has 2 unspecified atom stereocenters. The molecular formula is C16H26ClN3O3S. The summed E-state index contributed by atoms with van der Waals surface area (Å²) in [4.78, 5) is 12.2. The normalized spacial score (nSPS) is 20.4. The van der Waals surface area contributed by atoms with Crippen molar-refractivity contribution < 1.29 is 13.2 Å². The van der Waals surface area contributed by atoms with Crippen LogP contribution in [-0.2, 0) is 14.8 Å². The first-order valence-electron chi connectivity index (χ1n) is 8.00. The van der Waals surface area contributed by atoms with Crippen molar-refractivity contribution in [3.8, 4) is 0 Å². The first-order chi connectivity index (χ1) is 10.9. The largest absolute Gasteiger partial charge is 0.329 e. The van der Waals surface area contributed by atoms with Crippen LogP contribution in [-0.4, -0.2) is 27.4 Å². The van der Waals surface area contributed by atoms with Gasteiger partial charge in [0.1, 0.15) is 0 Å². The molecule has 1 aliphatic rings. The third-order valence-corrected chi connectivity index (χ3v) is 5.60. The second-order valence-electron chi connectivity index (χ2n) is 6.25. The molecule has 0 aliphatic heterocycles. The molecule has 2 atom stereocenters. The average molecular weight is 376 g/mol. The summed E-state index contributed by atoms with van der Waals surface area (Å²) in [6.07, 6.45) is 3.85. The summed E-state index contributed by atoms with van der Waals surface area (Å²) in [5.41, 5.74) is 5.81. The number of sulfonamides is 1. The zero-order chi connectivity index (χ0) is 16.9. The lowest BCUT2D eigenvalue weighted by Gasteiger charge is -2.11. The van der Waals surface area contributed by atoms with Gasteiger partial charge >= 0.3 is 0 Å². The molecule has 0 bridgehead atoms. The summed E-state index contributed by atoms with van der Waals surface area (Å²) in [7, 11) is -3.59. The van der Waals surface area contributed by atoms with Crippen LogP contribution < -0.4 is 15.8 Å². The molecule has 1 saturated carbocycles. The Hall–Kier alpha value is -1.15. The van der Waals surface area contributed by atoms with E-state index < -0.39 is 10.0 Å². The molecule has 1 amide bonds. The van der Waals surface area contributed by atoms with E-state index in [9.17, 15) is 13.2 Å². The van der Waals surface area contributed by atoms with Crippen LogP contribution in [0.5, 0.6) is 0 Å². The molecule has 136 valence electrons. The maximum atomic E-state index is 12.1. The number of hydrogen-bond acceptors (Lipinski definition) is 4. The highest BCUT2D eigenvalue weighted by Crippen LogP contribution is 2.32. The van der Waals surface area contributed by atoms with E-state index in [0.717, 1.165) is 12.8 Å². The number of anilines is 1. The number of carbonyl (C=O) groups is 1. The standard InChI is InChI=1S/C16H25N3O3S.ClH/c1-12-5-6-13(9-12)10-16(20)19-14-3-2-4-15(11-14)23(21,22)18-8-7-17;/h2-4,11-13,18H,5-10,17H2,1H3,(H,19,20);1H. The minimum absolute atomic E-state index is 0. The van der Waals surface area contributed by atoms with Crippen molar-refractivity contribution in [2.45, 2.75) is 37.5 Å². The summed E-state index contributed by atoms with van der Waals surface area (Å²) >= 11 is 0. The predicted octanol–water partition coefficient (Wildman–Crippen LogP) is 2.11. The quantitative estimate of drug-likeness (QED) is 0.679. The number of nitrogens with two attached hydrogens (primary N) is 1. The van der Waals surface area contributed by atoms with Gasteiger partial charge in [0.2, 0.25) is 15.9 Å². The molecular weight excluding hydrogens is 350 g/mol. The minimum Gasteiger partial charge on any atom is -0.329 e. The van der Waals surface area contributed by atoms with Crippen molar-refractivity contribution in [1.29, 1.82) is 0 Å². The van der Waals surface area contributed by atoms with Gasteiger partial charge in [-0.05, 0) is 42.9 Å². The Labute approximate surface area is 150 Å². The molecule has 0 heterocycles. The molecule has 4 N–H and O–H groups in total. The van der Waals surface area contributed by atoms with E-state index in [1.54, 1.807) is 12.1 Å². The Morgan fingerprint density at radius 2 is 2.08 bits per heavy atom. The maximum absolute atomic E-state index is 12.1. The molecule has 6 nitrogen and oxygen atoms in total. The molecule has 1 fully saturated rings. The van der Waals surface area contributed by atoms with E-state index in [-0.39, 0.29) is 36.3 Å². The SMILES string of the molecule is CC1CCC(CC(=O)Nc2cccc(S(=O)(=O)NCCN)c2)C1.Cl. The van der Waals surface area contributed by atoms with Crippen molar-refractivity contribution in [3.05, 3.63) is 24.3 Å². The Morgan fingerprint density at radius 1 is 1.33 bits per heavy atom. The van der Waals surface area contributed by atoms with Crippen LogP contribution in [0.1, 0.15) is 32.6 Å². The van der Waals surface area contributed by atoms with Crippen LogP contribution in [0.15, 0.2) is 29.2 Å². The van der Waals surface area contributed by atoms with Gasteiger partial charge in [0, 0.05) is 25.2 Å². The van der Waals surface area contributed by atoms with Gasteiger partial charge in [-0.25, -0.2) is 13.1 Å². The molecule has 1 aromatic carbocycles. The van der Waals surface area contributed by atoms with Crippen LogP contribution >= 0.6 is 12.4 Å². The third-order valence-electron chi connectivity index (χ3n) is 4.14. The number of rotatable bonds is 7. The second-order valence-corrected chi connectivity index (χ2v) is 8.02. The van der Waals surface area contributed by atoms with Gasteiger partial charge in [0.15, 0.2) is 0 Å². The highest BCUT2D eigenvalue weighted by molar-refractivity contribution is 7.89. The summed E-state index contributed by atoms with van der Waals surface area (Å²) < 4.78 is 26.5. The third kappa shape index (κ3) is 6.05. The summed E-state index contributed by atoms with van der Waals surface area (Å²) in [5, 5.41) is 2.80. The molecule has 2 rings (SSSR count). The van der Waals surface area contributed by atoms with E-state index in [2.05, 4.69) is 17.0 Å². The summed E-state index contributed by atoms with van der Waals surface area (Å²) in [6, 6.07) is 6.27. The Bertz CT molecular complexity index is 652. The number of benzene rings is 1. The molecule has 0 spiro atoms. The highest BCUT2D eigenvalue weighted by atomic mass is 35.5. The number of nitrogens with one attached hydrogen (secondary N) is 2. The molecule has 24 heavy (non-hydrogen) atoms. The molecule has 0 saturated heterocycles. The fourth-order valence-electron chi connectivity index (χ4n) is 3.00. The van der Waals surface area contributed by atoms with Crippen molar-refractivity contribution in [1.82, 2.24) is 4.72 Å². The van der Waals surface area contributed by atoms with Gasteiger partial charge in [-0.3, -0.25) is 4.79 Å². The Morgan fingerprint density at radius 3 is 2.71 bits per heavy atom. The lowest BCUT2D eigenvalue weighted by atomic mass is 10.0. The lowest BCUT2D eigenvalue weighted by molar-refractivity contribution is -0.117. The van der Waals surface area contributed by atoms with E-state index in [0.29, 0.717) is 23.9 Å². The molecule has 1 aliphatic carbocycles. The maximum Gasteiger partial charge on any atom is 0.240 e. The van der Waals surface area contributed by atoms with Gasteiger partial charge in [-0.1, -0.05) is 19.4 Å². The van der Waals surface area contributed by atoms with Crippen LogP contribution in [0.4, 0.5) is 5.69 Å². The number of carbonyl (C=O) groups excluding carboxylic acids is 1. The summed E-state index contributed by atoms with van der Waals surface area (Å²) in [6.45, 7) is 2.62. The van der Waals surface area contributed by atoms with E-state index in [1.165, 1.54) is 18.6 Å². The monoisotopic (exact) mass is 375 g/mol. The van der Waals surface area contributed by atoms with Crippen molar-refractivity contribution in [2.75, 3.05) is 18.4 Å². The Kier molecular flexibility index (Phi) is 8.15. The van der Waals surface area contributed by atoms with E-state index >= 15 is 0 Å². The number of hydrogen-bond donors (Lipinski definition) is 3. The van der Waals surface area contributed by atoms with Gasteiger partial charge in [-0.15, -0.1) is 12.4 Å².